The van der Waals surface area contributed by atoms with Crippen molar-refractivity contribution in [3.8, 4) is 0 Å². The maximum absolute atomic E-state index is 12.3. The summed E-state index contributed by atoms with van der Waals surface area (Å²) in [6.45, 7) is 0. The van der Waals surface area contributed by atoms with Gasteiger partial charge in [0.15, 0.2) is 0 Å². The summed E-state index contributed by atoms with van der Waals surface area (Å²) in [6, 6.07) is 4.02. The first-order valence-corrected chi connectivity index (χ1v) is 4.15. The third-order valence-electron chi connectivity index (χ3n) is 1.91. The first-order chi connectivity index (χ1) is 7.50. The summed E-state index contributed by atoms with van der Waals surface area (Å²) in [7, 11) is 0. The van der Waals surface area contributed by atoms with Crippen LogP contribution in [-0.2, 0) is 11.0 Å². The topological polar surface area (TPSA) is 58.1 Å². The van der Waals surface area contributed by atoms with Gasteiger partial charge in [-0.1, -0.05) is 0 Å². The molecule has 1 heterocycles. The third-order valence-corrected chi connectivity index (χ3v) is 1.91. The third kappa shape index (κ3) is 1.80. The summed E-state index contributed by atoms with van der Waals surface area (Å²) >= 11 is 0. The Morgan fingerprint density at radius 2 is 2.12 bits per heavy atom. The summed E-state index contributed by atoms with van der Waals surface area (Å²) in [6.07, 6.45) is -3.22. The fraction of sp³-hybridized carbons (Fsp3) is 0.111. The van der Waals surface area contributed by atoms with Gasteiger partial charge in [0.2, 0.25) is 11.9 Å². The predicted molar refractivity (Wildman–Crippen MR) is 48.9 cm³/mol. The van der Waals surface area contributed by atoms with Crippen LogP contribution in [0.25, 0.3) is 11.0 Å². The van der Waals surface area contributed by atoms with E-state index in [2.05, 4.69) is 15.0 Å². The Morgan fingerprint density at radius 1 is 1.38 bits per heavy atom. The Kier molecular flexibility index (Phi) is 2.25. The van der Waals surface area contributed by atoms with E-state index in [1.165, 1.54) is 24.3 Å². The lowest BCUT2D eigenvalue weighted by atomic mass is 10.3. The van der Waals surface area contributed by atoms with Crippen molar-refractivity contribution < 1.29 is 18.0 Å². The second-order valence-corrected chi connectivity index (χ2v) is 2.99. The fourth-order valence-electron chi connectivity index (χ4n) is 1.25. The molecule has 0 saturated heterocycles. The molecule has 0 radical (unpaired) electrons. The van der Waals surface area contributed by atoms with Crippen molar-refractivity contribution in [1.82, 2.24) is 9.97 Å². The zero-order valence-electron chi connectivity index (χ0n) is 7.67. The van der Waals surface area contributed by atoms with E-state index < -0.39 is 12.0 Å². The summed E-state index contributed by atoms with van der Waals surface area (Å²) in [5.74, 6) is -1.07. The van der Waals surface area contributed by atoms with Crippen molar-refractivity contribution in [2.75, 3.05) is 0 Å². The minimum absolute atomic E-state index is 0.164. The standard InChI is InChI=1S/C9H4F3N3O/c10-9(11,12)8-14-6-2-1-5(13-4-16)3-7(6)15-8/h1-3H,(H,14,15). The van der Waals surface area contributed by atoms with Gasteiger partial charge in [0.05, 0.1) is 16.7 Å². The summed E-state index contributed by atoms with van der Waals surface area (Å²) in [4.78, 5) is 18.7. The summed E-state index contributed by atoms with van der Waals surface area (Å²) < 4.78 is 36.9. The number of aliphatic imine (C=N–C) groups is 1. The number of hydrogen-bond acceptors (Lipinski definition) is 3. The quantitative estimate of drug-likeness (QED) is 0.601. The van der Waals surface area contributed by atoms with E-state index in [0.29, 0.717) is 0 Å². The number of alkyl halides is 3. The Balaban J connectivity index is 2.58. The van der Waals surface area contributed by atoms with Crippen LogP contribution < -0.4 is 0 Å². The van der Waals surface area contributed by atoms with Crippen molar-refractivity contribution in [3.05, 3.63) is 24.0 Å². The first-order valence-electron chi connectivity index (χ1n) is 4.15. The molecule has 2 rings (SSSR count). The van der Waals surface area contributed by atoms with Crippen molar-refractivity contribution in [3.63, 3.8) is 0 Å². The summed E-state index contributed by atoms with van der Waals surface area (Å²) in [5, 5.41) is 0. The van der Waals surface area contributed by atoms with Gasteiger partial charge in [0.25, 0.3) is 0 Å². The number of nitrogens with zero attached hydrogens (tertiary/aromatic N) is 2. The van der Waals surface area contributed by atoms with Crippen LogP contribution in [0.2, 0.25) is 0 Å². The molecular weight excluding hydrogens is 223 g/mol. The highest BCUT2D eigenvalue weighted by molar-refractivity contribution is 5.79. The van der Waals surface area contributed by atoms with Gasteiger partial charge in [-0.3, -0.25) is 0 Å². The molecule has 16 heavy (non-hydrogen) atoms. The molecule has 0 spiro atoms. The molecule has 0 saturated carbocycles. The molecule has 1 aromatic carbocycles. The fourth-order valence-corrected chi connectivity index (χ4v) is 1.25. The van der Waals surface area contributed by atoms with Gasteiger partial charge in [-0.05, 0) is 18.2 Å². The molecule has 0 amide bonds. The molecule has 0 aliphatic carbocycles. The van der Waals surface area contributed by atoms with Crippen LogP contribution in [-0.4, -0.2) is 16.0 Å². The number of nitrogens with one attached hydrogen (secondary N) is 1. The lowest BCUT2D eigenvalue weighted by Gasteiger charge is -1.98. The SMILES string of the molecule is O=C=Nc1ccc2nc(C(F)(F)F)[nH]c2c1. The molecule has 2 aromatic rings. The zero-order chi connectivity index (χ0) is 11.8. The second kappa shape index (κ2) is 3.46. The van der Waals surface area contributed by atoms with Gasteiger partial charge in [0, 0.05) is 0 Å². The van der Waals surface area contributed by atoms with Crippen LogP contribution in [0.1, 0.15) is 5.82 Å². The normalized spacial score (nSPS) is 11.4. The van der Waals surface area contributed by atoms with E-state index in [-0.39, 0.29) is 16.7 Å². The van der Waals surface area contributed by atoms with Gasteiger partial charge in [-0.2, -0.15) is 18.2 Å². The average molecular weight is 227 g/mol. The Morgan fingerprint density at radius 3 is 2.75 bits per heavy atom. The highest BCUT2D eigenvalue weighted by Crippen LogP contribution is 2.29. The van der Waals surface area contributed by atoms with E-state index in [9.17, 15) is 18.0 Å². The van der Waals surface area contributed by atoms with Gasteiger partial charge in [-0.25, -0.2) is 9.78 Å². The van der Waals surface area contributed by atoms with Crippen LogP contribution in [0.4, 0.5) is 18.9 Å². The molecule has 0 aliphatic heterocycles. The van der Waals surface area contributed by atoms with Crippen LogP contribution >= 0.6 is 0 Å². The maximum atomic E-state index is 12.3. The van der Waals surface area contributed by atoms with Crippen LogP contribution in [0, 0.1) is 0 Å². The minimum Gasteiger partial charge on any atom is -0.334 e. The Bertz CT molecular complexity index is 581. The monoisotopic (exact) mass is 227 g/mol. The number of aromatic amines is 1. The molecule has 0 unspecified atom stereocenters. The number of aromatic nitrogens is 2. The molecule has 1 N–H and O–H groups in total. The lowest BCUT2D eigenvalue weighted by Crippen LogP contribution is -2.06. The average Bonchev–Trinajstić information content (AvgIpc) is 2.60. The number of isocyanates is 1. The van der Waals surface area contributed by atoms with Gasteiger partial charge < -0.3 is 4.98 Å². The zero-order valence-corrected chi connectivity index (χ0v) is 7.67. The van der Waals surface area contributed by atoms with Gasteiger partial charge >= 0.3 is 6.18 Å². The second-order valence-electron chi connectivity index (χ2n) is 2.99. The van der Waals surface area contributed by atoms with Crippen molar-refractivity contribution in [2.24, 2.45) is 4.99 Å². The van der Waals surface area contributed by atoms with Crippen LogP contribution in [0.3, 0.4) is 0 Å². The molecule has 0 aliphatic rings. The predicted octanol–water partition coefficient (Wildman–Crippen LogP) is 2.55. The molecule has 1 aromatic heterocycles. The lowest BCUT2D eigenvalue weighted by molar-refractivity contribution is -0.144. The number of halogens is 3. The number of carbonyl (C=O) groups excluding carboxylic acids is 1. The summed E-state index contributed by atoms with van der Waals surface area (Å²) in [5.41, 5.74) is 0.556. The number of rotatable bonds is 1. The van der Waals surface area contributed by atoms with Crippen LogP contribution in [0.5, 0.6) is 0 Å². The first kappa shape index (κ1) is 10.4. The van der Waals surface area contributed by atoms with E-state index in [0.717, 1.165) is 0 Å². The van der Waals surface area contributed by atoms with Gasteiger partial charge in [-0.15, -0.1) is 0 Å². The molecule has 0 atom stereocenters. The smallest absolute Gasteiger partial charge is 0.334 e. The maximum Gasteiger partial charge on any atom is 0.449 e. The van der Waals surface area contributed by atoms with Crippen molar-refractivity contribution in [1.29, 1.82) is 0 Å². The highest BCUT2D eigenvalue weighted by Gasteiger charge is 2.34. The number of imidazole rings is 1. The van der Waals surface area contributed by atoms with E-state index >= 15 is 0 Å². The largest absolute Gasteiger partial charge is 0.449 e. The van der Waals surface area contributed by atoms with E-state index in [4.69, 9.17) is 0 Å². The Hall–Kier alpha value is -2.14. The number of benzene rings is 1. The van der Waals surface area contributed by atoms with Crippen LogP contribution in [0.15, 0.2) is 23.2 Å². The number of hydrogen-bond donors (Lipinski definition) is 1. The van der Waals surface area contributed by atoms with E-state index in [1.54, 1.807) is 0 Å². The Labute approximate surface area is 86.8 Å². The molecule has 0 fully saturated rings. The van der Waals surface area contributed by atoms with E-state index in [1.807, 2.05) is 0 Å². The van der Waals surface area contributed by atoms with Crippen molar-refractivity contribution in [2.45, 2.75) is 6.18 Å². The van der Waals surface area contributed by atoms with Crippen molar-refractivity contribution >= 4 is 22.8 Å². The molecule has 4 nitrogen and oxygen atoms in total. The molecule has 82 valence electrons. The molecule has 0 bridgehead atoms. The number of H-pyrrole nitrogens is 1. The minimum atomic E-state index is -4.52. The highest BCUT2D eigenvalue weighted by atomic mass is 19.4. The number of fused-ring (bicyclic) bond motifs is 1. The molecular formula is C9H4F3N3O. The van der Waals surface area contributed by atoms with Gasteiger partial charge in [0.1, 0.15) is 0 Å². The molecule has 7 heteroatoms.